The standard InChI is InChI=1S/C24H25F3N6O3/c1-23(13-34)8-14-5-18(30-22(35)17-9-29-33-4-2-3-28-21(17)33)19(7-20(14)36-23)32-11-15-6-16(32)10-31(15)12-24(25,26)27/h2-5,7,9,15-16,34H,6,8,10-13H2,1H3,(H,30,35)/t15-,16-,23+/m0/s1. The molecule has 1 amide bonds. The predicted molar refractivity (Wildman–Crippen MR) is 124 cm³/mol. The maximum absolute atomic E-state index is 13.3. The first-order valence-electron chi connectivity index (χ1n) is 11.8. The van der Waals surface area contributed by atoms with Crippen molar-refractivity contribution in [2.24, 2.45) is 0 Å². The number of aliphatic hydroxyl groups excluding tert-OH is 1. The molecular formula is C24H25F3N6O3. The second-order valence-corrected chi connectivity index (χ2v) is 10.0. The lowest BCUT2D eigenvalue weighted by Gasteiger charge is -2.36. The van der Waals surface area contributed by atoms with E-state index in [1.807, 2.05) is 19.1 Å². The molecule has 190 valence electrons. The molecule has 9 nitrogen and oxygen atoms in total. The van der Waals surface area contributed by atoms with E-state index in [4.69, 9.17) is 4.74 Å². The Kier molecular flexibility index (Phi) is 5.16. The van der Waals surface area contributed by atoms with Crippen molar-refractivity contribution in [2.45, 2.75) is 43.6 Å². The molecule has 2 bridgehead atoms. The lowest BCUT2D eigenvalue weighted by molar-refractivity contribution is -0.148. The van der Waals surface area contributed by atoms with E-state index in [2.05, 4.69) is 20.3 Å². The molecule has 0 spiro atoms. The Bertz CT molecular complexity index is 1340. The van der Waals surface area contributed by atoms with Crippen LogP contribution in [0.25, 0.3) is 5.65 Å². The van der Waals surface area contributed by atoms with Gasteiger partial charge in [-0.2, -0.15) is 18.3 Å². The number of fused-ring (bicyclic) bond motifs is 4. The van der Waals surface area contributed by atoms with Crippen LogP contribution in [-0.2, 0) is 6.42 Å². The van der Waals surface area contributed by atoms with E-state index in [9.17, 15) is 23.1 Å². The fraction of sp³-hybridized carbons (Fsp3) is 0.458. The molecule has 5 heterocycles. The lowest BCUT2D eigenvalue weighted by atomic mass is 9.99. The van der Waals surface area contributed by atoms with E-state index >= 15 is 0 Å². The van der Waals surface area contributed by atoms with Gasteiger partial charge in [0.1, 0.15) is 16.9 Å². The zero-order chi connectivity index (χ0) is 25.2. The number of hydrogen-bond acceptors (Lipinski definition) is 7. The van der Waals surface area contributed by atoms with E-state index in [1.165, 1.54) is 15.6 Å². The summed E-state index contributed by atoms with van der Waals surface area (Å²) in [5, 5.41) is 17.0. The predicted octanol–water partition coefficient (Wildman–Crippen LogP) is 2.49. The summed E-state index contributed by atoms with van der Waals surface area (Å²) in [4.78, 5) is 21.1. The van der Waals surface area contributed by atoms with Crippen molar-refractivity contribution in [1.82, 2.24) is 19.5 Å². The third kappa shape index (κ3) is 3.94. The number of hydrogen-bond donors (Lipinski definition) is 2. The average Bonchev–Trinajstić information content (AvgIpc) is 3.58. The number of rotatable bonds is 5. The number of aromatic nitrogens is 3. The van der Waals surface area contributed by atoms with Crippen LogP contribution in [0.1, 0.15) is 29.3 Å². The van der Waals surface area contributed by atoms with Crippen molar-refractivity contribution < 1.29 is 27.8 Å². The number of carbonyl (C=O) groups is 1. The lowest BCUT2D eigenvalue weighted by Crippen LogP contribution is -2.49. The van der Waals surface area contributed by atoms with E-state index in [1.54, 1.807) is 18.5 Å². The summed E-state index contributed by atoms with van der Waals surface area (Å²) in [6.07, 6.45) is 1.56. The molecule has 2 saturated heterocycles. The molecule has 0 radical (unpaired) electrons. The number of nitrogens with zero attached hydrogens (tertiary/aromatic N) is 5. The molecular weight excluding hydrogens is 477 g/mol. The molecule has 12 heteroatoms. The average molecular weight is 502 g/mol. The van der Waals surface area contributed by atoms with Gasteiger partial charge in [-0.1, -0.05) is 0 Å². The normalized spacial score (nSPS) is 25.4. The zero-order valence-corrected chi connectivity index (χ0v) is 19.5. The fourth-order valence-corrected chi connectivity index (χ4v) is 5.62. The van der Waals surface area contributed by atoms with Gasteiger partial charge in [0, 0.05) is 55.6 Å². The molecule has 0 unspecified atom stereocenters. The highest BCUT2D eigenvalue weighted by molar-refractivity contribution is 6.09. The smallest absolute Gasteiger partial charge is 0.401 e. The molecule has 36 heavy (non-hydrogen) atoms. The maximum Gasteiger partial charge on any atom is 0.401 e. The zero-order valence-electron chi connectivity index (χ0n) is 19.5. The van der Waals surface area contributed by atoms with E-state index in [0.29, 0.717) is 54.3 Å². The third-order valence-corrected chi connectivity index (χ3v) is 7.25. The van der Waals surface area contributed by atoms with Crippen LogP contribution >= 0.6 is 0 Å². The Morgan fingerprint density at radius 1 is 1.31 bits per heavy atom. The SMILES string of the molecule is C[C@]1(CO)Cc2cc(NC(=O)c3cnn4cccnc34)c(N3C[C@@H]4C[C@H]3CN4CC(F)(F)F)cc2O1. The number of piperazine rings is 1. The van der Waals surface area contributed by atoms with Crippen LogP contribution in [0.2, 0.25) is 0 Å². The van der Waals surface area contributed by atoms with Crippen molar-refractivity contribution in [2.75, 3.05) is 36.5 Å². The third-order valence-electron chi connectivity index (χ3n) is 7.25. The van der Waals surface area contributed by atoms with Crippen LogP contribution in [0.3, 0.4) is 0 Å². The minimum absolute atomic E-state index is 0.115. The van der Waals surface area contributed by atoms with Gasteiger partial charge in [0.2, 0.25) is 0 Å². The van der Waals surface area contributed by atoms with Crippen molar-refractivity contribution in [3.63, 3.8) is 0 Å². The summed E-state index contributed by atoms with van der Waals surface area (Å²) < 4.78 is 46.6. The molecule has 2 N–H and O–H groups in total. The number of anilines is 2. The Balaban J connectivity index is 1.33. The van der Waals surface area contributed by atoms with Gasteiger partial charge in [-0.05, 0) is 25.5 Å². The number of ether oxygens (including phenoxy) is 1. The van der Waals surface area contributed by atoms with E-state index in [-0.39, 0.29) is 18.7 Å². The summed E-state index contributed by atoms with van der Waals surface area (Å²) in [7, 11) is 0. The van der Waals surface area contributed by atoms with Gasteiger partial charge in [0.25, 0.3) is 5.91 Å². The Labute approximate surface area is 204 Å². The van der Waals surface area contributed by atoms with Crippen LogP contribution in [0.4, 0.5) is 24.5 Å². The van der Waals surface area contributed by atoms with Crippen LogP contribution < -0.4 is 15.0 Å². The van der Waals surface area contributed by atoms with Gasteiger partial charge in [0.15, 0.2) is 5.65 Å². The van der Waals surface area contributed by atoms with Gasteiger partial charge < -0.3 is 20.1 Å². The van der Waals surface area contributed by atoms with Crippen LogP contribution in [0.5, 0.6) is 5.75 Å². The van der Waals surface area contributed by atoms with Crippen LogP contribution in [0.15, 0.2) is 36.8 Å². The first-order chi connectivity index (χ1) is 17.1. The molecule has 2 fully saturated rings. The van der Waals surface area contributed by atoms with Gasteiger partial charge in [-0.25, -0.2) is 9.50 Å². The highest BCUT2D eigenvalue weighted by atomic mass is 19.4. The summed E-state index contributed by atoms with van der Waals surface area (Å²) in [5.74, 6) is 0.212. The molecule has 2 aromatic heterocycles. The second-order valence-electron chi connectivity index (χ2n) is 10.0. The van der Waals surface area contributed by atoms with Gasteiger partial charge in [0.05, 0.1) is 30.7 Å². The topological polar surface area (TPSA) is 95.2 Å². The first kappa shape index (κ1) is 23.0. The number of alkyl halides is 3. The largest absolute Gasteiger partial charge is 0.484 e. The number of carbonyl (C=O) groups excluding carboxylic acids is 1. The van der Waals surface area contributed by atoms with Gasteiger partial charge >= 0.3 is 6.18 Å². The first-order valence-corrected chi connectivity index (χ1v) is 11.8. The Morgan fingerprint density at radius 3 is 2.86 bits per heavy atom. The highest BCUT2D eigenvalue weighted by Crippen LogP contribution is 2.45. The van der Waals surface area contributed by atoms with E-state index in [0.717, 1.165) is 5.56 Å². The van der Waals surface area contributed by atoms with E-state index < -0.39 is 24.2 Å². The summed E-state index contributed by atoms with van der Waals surface area (Å²) in [5.41, 5.74) is 2.01. The minimum Gasteiger partial charge on any atom is -0.484 e. The monoisotopic (exact) mass is 502 g/mol. The number of aliphatic hydroxyl groups is 1. The molecule has 1 aromatic carbocycles. The second kappa shape index (κ2) is 8.07. The van der Waals surface area contributed by atoms with Gasteiger partial charge in [-0.3, -0.25) is 9.69 Å². The van der Waals surface area contributed by atoms with Crippen LogP contribution in [0, 0.1) is 0 Å². The quantitative estimate of drug-likeness (QED) is 0.554. The molecule has 0 saturated carbocycles. The highest BCUT2D eigenvalue weighted by Gasteiger charge is 2.47. The summed E-state index contributed by atoms with van der Waals surface area (Å²) in [6.45, 7) is 1.42. The molecule has 0 aliphatic carbocycles. The number of likely N-dealkylation sites (tertiary alicyclic amines) is 1. The Morgan fingerprint density at radius 2 is 2.14 bits per heavy atom. The number of benzene rings is 1. The molecule has 6 rings (SSSR count). The van der Waals surface area contributed by atoms with Crippen molar-refractivity contribution in [1.29, 1.82) is 0 Å². The van der Waals surface area contributed by atoms with Crippen molar-refractivity contribution in [3.8, 4) is 5.75 Å². The minimum atomic E-state index is -4.24. The summed E-state index contributed by atoms with van der Waals surface area (Å²) in [6, 6.07) is 5.04. The molecule has 3 atom stereocenters. The molecule has 3 aliphatic rings. The number of nitrogens with one attached hydrogen (secondary N) is 1. The fourth-order valence-electron chi connectivity index (χ4n) is 5.62. The molecule has 3 aliphatic heterocycles. The van der Waals surface area contributed by atoms with Crippen molar-refractivity contribution >= 4 is 22.9 Å². The summed E-state index contributed by atoms with van der Waals surface area (Å²) >= 11 is 0. The van der Waals surface area contributed by atoms with Crippen LogP contribution in [-0.4, -0.2) is 80.6 Å². The maximum atomic E-state index is 13.3. The number of amides is 1. The van der Waals surface area contributed by atoms with Gasteiger partial charge in [-0.15, -0.1) is 0 Å². The molecule has 3 aromatic rings. The van der Waals surface area contributed by atoms with Crippen molar-refractivity contribution in [3.05, 3.63) is 47.9 Å². The number of halogens is 3. The Hall–Kier alpha value is -3.38.